The van der Waals surface area contributed by atoms with E-state index in [1.165, 1.54) is 63.2 Å². The number of aromatic nitrogens is 2. The lowest BCUT2D eigenvalue weighted by molar-refractivity contribution is -0.143. The van der Waals surface area contributed by atoms with Crippen LogP contribution in [0, 0.1) is 49.4 Å². The quantitative estimate of drug-likeness (QED) is 0.0519. The maximum atomic E-state index is 14.5. The average molecular weight is 889 g/mol. The summed E-state index contributed by atoms with van der Waals surface area (Å²) in [5, 5.41) is 7.19. The SMILES string of the molecule is C=CC1=C(C)[C@]23/C=C4\NC(C5=c6[nH]/c(c(C)c6C(=O)[C@@H]5C(=O)OC)=C\c5[nH]c(c(C)c5CC)/C=C/1N2O3)[C@@H](CCC(=O)OC/C=C(\C)CCC[C@H](C)CCC[C@H](C)CCCC(C)C)[C@@H]4C. The second-order valence-electron chi connectivity index (χ2n) is 20.4. The van der Waals surface area contributed by atoms with Crippen LogP contribution in [0.15, 0.2) is 52.9 Å². The molecule has 1 aliphatic carbocycles. The number of carbonyl (C=O) groups excluding carboxylic acids is 3. The van der Waals surface area contributed by atoms with Crippen molar-refractivity contribution in [2.24, 2.45) is 35.5 Å². The van der Waals surface area contributed by atoms with Gasteiger partial charge in [-0.3, -0.25) is 14.4 Å². The average Bonchev–Trinajstić information content (AvgIpc) is 3.38. The number of hydrogen-bond donors (Lipinski definition) is 3. The first-order valence-electron chi connectivity index (χ1n) is 24.7. The van der Waals surface area contributed by atoms with Crippen LogP contribution in [0.3, 0.4) is 0 Å². The van der Waals surface area contributed by atoms with Crippen LogP contribution < -0.4 is 16.0 Å². The van der Waals surface area contributed by atoms with E-state index in [0.717, 1.165) is 87.4 Å². The number of H-pyrrole nitrogens is 2. The molecule has 4 aliphatic heterocycles. The van der Waals surface area contributed by atoms with Gasteiger partial charge >= 0.3 is 11.9 Å². The Morgan fingerprint density at radius 2 is 1.65 bits per heavy atom. The lowest BCUT2D eigenvalue weighted by atomic mass is 9.80. The van der Waals surface area contributed by atoms with E-state index in [2.05, 4.69) is 102 Å². The third-order valence-corrected chi connectivity index (χ3v) is 15.4. The fourth-order valence-electron chi connectivity index (χ4n) is 11.2. The van der Waals surface area contributed by atoms with E-state index in [9.17, 15) is 14.4 Å². The summed E-state index contributed by atoms with van der Waals surface area (Å²) in [7, 11) is 1.33. The molecule has 8 bridgehead atoms. The Hall–Kier alpha value is -4.83. The van der Waals surface area contributed by atoms with Crippen LogP contribution in [0.2, 0.25) is 0 Å². The fourth-order valence-corrected chi connectivity index (χ4v) is 11.2. The van der Waals surface area contributed by atoms with Crippen molar-refractivity contribution in [3.63, 3.8) is 0 Å². The molecule has 3 N–H and O–H groups in total. The van der Waals surface area contributed by atoms with Gasteiger partial charge in [0, 0.05) is 45.9 Å². The zero-order chi connectivity index (χ0) is 46.9. The molecule has 6 heterocycles. The number of esters is 2. The van der Waals surface area contributed by atoms with Gasteiger partial charge in [-0.2, -0.15) is 0 Å². The Bertz CT molecular complexity index is 2440. The van der Waals surface area contributed by atoms with Crippen molar-refractivity contribution in [2.45, 2.75) is 158 Å². The molecule has 10 nitrogen and oxygen atoms in total. The van der Waals surface area contributed by atoms with Crippen molar-refractivity contribution in [1.29, 1.82) is 0 Å². The highest BCUT2D eigenvalue weighted by Gasteiger charge is 2.63. The van der Waals surface area contributed by atoms with Gasteiger partial charge < -0.3 is 24.8 Å². The molecule has 0 aromatic carbocycles. The van der Waals surface area contributed by atoms with Crippen LogP contribution in [-0.2, 0) is 30.3 Å². The van der Waals surface area contributed by atoms with Gasteiger partial charge in [-0.15, -0.1) is 0 Å². The maximum absolute atomic E-state index is 14.5. The Kier molecular flexibility index (Phi) is 14.8. The van der Waals surface area contributed by atoms with E-state index in [1.54, 1.807) is 0 Å². The zero-order valence-electron chi connectivity index (χ0n) is 41.2. The number of rotatable bonds is 20. The standard InChI is InChI=1S/C55H76N4O6/c1-13-39-35(8)43-29-46-40(14-2)38(11)55(59(46)65-55)30-45-36(9)41(51(58-45)49-50(54(62)63-12)53(61)48-37(10)42(57-52(48)49)28-44(39)56-43)24-25-47(60)64-27-26-34(7)23-17-22-33(6)21-16-20-32(5)19-15-18-31(3)4/h14,26,28-33,36,41,50-51,56-58H,2,13,15-25,27H2,1,3-12H3/b34-26+,42-28-,45-30-,46-29-/t32-,33-,36+,41+,50-,51?,55-,59?/m1/s1. The molecule has 0 amide bonds. The van der Waals surface area contributed by atoms with Crippen molar-refractivity contribution in [1.82, 2.24) is 20.3 Å². The molecule has 7 rings (SSSR count). The molecule has 2 aromatic rings. The van der Waals surface area contributed by atoms with Gasteiger partial charge in [-0.05, 0) is 129 Å². The highest BCUT2D eigenvalue weighted by Crippen LogP contribution is 2.57. The summed E-state index contributed by atoms with van der Waals surface area (Å²) in [4.78, 5) is 55.4. The minimum atomic E-state index is -1.12. The molecule has 0 spiro atoms. The summed E-state index contributed by atoms with van der Waals surface area (Å²) < 4.78 is 11.2. The lowest BCUT2D eigenvalue weighted by Gasteiger charge is -2.25. The van der Waals surface area contributed by atoms with Crippen molar-refractivity contribution in [2.75, 3.05) is 13.7 Å². The van der Waals surface area contributed by atoms with Gasteiger partial charge in [0.1, 0.15) is 12.5 Å². The first-order valence-corrected chi connectivity index (χ1v) is 24.7. The third-order valence-electron chi connectivity index (χ3n) is 15.4. The van der Waals surface area contributed by atoms with Gasteiger partial charge in [-0.25, -0.2) is 9.90 Å². The predicted molar refractivity (Wildman–Crippen MR) is 259 cm³/mol. The van der Waals surface area contributed by atoms with Crippen molar-refractivity contribution >= 4 is 35.4 Å². The van der Waals surface area contributed by atoms with E-state index in [-0.39, 0.29) is 36.6 Å². The number of hydroxylamine groups is 2. The Morgan fingerprint density at radius 3 is 2.31 bits per heavy atom. The van der Waals surface area contributed by atoms with E-state index in [0.29, 0.717) is 22.9 Å². The molecule has 10 heteroatoms. The number of nitrogens with zero attached hydrogens (tertiary/aromatic N) is 1. The van der Waals surface area contributed by atoms with E-state index in [1.807, 2.05) is 24.1 Å². The zero-order valence-corrected chi connectivity index (χ0v) is 41.2. The van der Waals surface area contributed by atoms with Gasteiger partial charge in [0.2, 0.25) is 5.72 Å². The monoisotopic (exact) mass is 889 g/mol. The fraction of sp³-hybridized carbons (Fsp3) is 0.582. The number of aromatic amines is 2. The van der Waals surface area contributed by atoms with Crippen LogP contribution in [0.25, 0.3) is 17.7 Å². The number of fused-ring (bicyclic) bond motifs is 6. The molecule has 2 saturated heterocycles. The molecule has 2 fully saturated rings. The first kappa shape index (κ1) is 48.1. The van der Waals surface area contributed by atoms with Crippen LogP contribution in [0.1, 0.15) is 164 Å². The van der Waals surface area contributed by atoms with Crippen molar-refractivity contribution < 1.29 is 28.7 Å². The second-order valence-corrected chi connectivity index (χ2v) is 20.4. The highest BCUT2D eigenvalue weighted by atomic mass is 16.9. The summed E-state index contributed by atoms with van der Waals surface area (Å²) in [5.41, 5.74) is 10.5. The molecular weight excluding hydrogens is 813 g/mol. The number of Topliss-reactive ketones (excluding diaryl/α,β-unsaturated/α-hetero) is 1. The molecule has 7 atom stereocenters. The van der Waals surface area contributed by atoms with Crippen LogP contribution in [0.5, 0.6) is 0 Å². The van der Waals surface area contributed by atoms with E-state index >= 15 is 0 Å². The number of hydrogen-bond acceptors (Lipinski definition) is 8. The molecule has 5 aliphatic rings. The normalized spacial score (nSPS) is 26.2. The lowest BCUT2D eigenvalue weighted by Crippen LogP contribution is -2.38. The summed E-state index contributed by atoms with van der Waals surface area (Å²) in [6.45, 7) is 26.4. The maximum Gasteiger partial charge on any atom is 0.320 e. The van der Waals surface area contributed by atoms with Crippen molar-refractivity contribution in [3.8, 4) is 0 Å². The largest absolute Gasteiger partial charge is 0.468 e. The summed E-state index contributed by atoms with van der Waals surface area (Å²) in [5.74, 6) is -0.185. The Morgan fingerprint density at radius 1 is 0.954 bits per heavy atom. The van der Waals surface area contributed by atoms with E-state index in [4.69, 9.17) is 14.3 Å². The summed E-state index contributed by atoms with van der Waals surface area (Å²) in [6.07, 6.45) is 23.1. The smallest absolute Gasteiger partial charge is 0.320 e. The van der Waals surface area contributed by atoms with Gasteiger partial charge in [0.15, 0.2) is 5.78 Å². The number of methoxy groups -OCH3 is 1. The number of nitrogens with one attached hydrogen (secondary N) is 3. The molecule has 65 heavy (non-hydrogen) atoms. The summed E-state index contributed by atoms with van der Waals surface area (Å²) >= 11 is 0. The molecule has 0 saturated carbocycles. The van der Waals surface area contributed by atoms with Crippen LogP contribution >= 0.6 is 0 Å². The van der Waals surface area contributed by atoms with Crippen LogP contribution in [0.4, 0.5) is 0 Å². The van der Waals surface area contributed by atoms with Gasteiger partial charge in [0.05, 0.1) is 24.2 Å². The minimum absolute atomic E-state index is 0.0912. The number of carbonyl (C=O) groups is 3. The van der Waals surface area contributed by atoms with E-state index < -0.39 is 23.7 Å². The molecule has 352 valence electrons. The predicted octanol–water partition coefficient (Wildman–Crippen LogP) is 10.1. The second kappa shape index (κ2) is 20.0. The van der Waals surface area contributed by atoms with Crippen LogP contribution in [-0.4, -0.2) is 58.2 Å². The molecular formula is C55H76N4O6. The topological polar surface area (TPSA) is 129 Å². The Balaban J connectivity index is 1.10. The third kappa shape index (κ3) is 9.57. The Labute approximate surface area is 387 Å². The molecule has 1 unspecified atom stereocenters. The molecule has 0 radical (unpaired) electrons. The number of ketones is 1. The summed E-state index contributed by atoms with van der Waals surface area (Å²) in [6, 6.07) is -0.464. The van der Waals surface area contributed by atoms with Gasteiger partial charge in [-0.1, -0.05) is 105 Å². The number of allylic oxidation sites excluding steroid dienone is 3. The number of ether oxygens (including phenoxy) is 2. The minimum Gasteiger partial charge on any atom is -0.468 e. The van der Waals surface area contributed by atoms with Crippen molar-refractivity contribution in [3.05, 3.63) is 97.3 Å². The highest BCUT2D eigenvalue weighted by molar-refractivity contribution is 6.19. The van der Waals surface area contributed by atoms with Gasteiger partial charge in [0.25, 0.3) is 0 Å². The molecule has 2 aromatic heterocycles. The first-order chi connectivity index (χ1) is 31.0.